The molecule has 0 saturated heterocycles. The van der Waals surface area contributed by atoms with Crippen LogP contribution in [0, 0.1) is 0 Å². The summed E-state index contributed by atoms with van der Waals surface area (Å²) in [5.41, 5.74) is 0. The van der Waals surface area contributed by atoms with E-state index in [4.69, 9.17) is 12.2 Å². The van der Waals surface area contributed by atoms with Gasteiger partial charge in [0.15, 0.2) is 5.11 Å². The van der Waals surface area contributed by atoms with Gasteiger partial charge in [0.1, 0.15) is 0 Å². The van der Waals surface area contributed by atoms with Crippen LogP contribution in [0.2, 0.25) is 0 Å². The van der Waals surface area contributed by atoms with E-state index in [-0.39, 0.29) is 0 Å². The standard InChI is InChI=1S/C11H26N4S/c1-7-9(14(3)4)12-11(16)13-10(8-2)15(5)6/h9-10H,7-8H2,1-6H3,(H2,12,13,16). The zero-order valence-corrected chi connectivity index (χ0v) is 12.2. The Balaban J connectivity index is 4.15. The smallest absolute Gasteiger partial charge is 0.168 e. The summed E-state index contributed by atoms with van der Waals surface area (Å²) in [4.78, 5) is 4.26. The van der Waals surface area contributed by atoms with Crippen LogP contribution in [0.3, 0.4) is 0 Å². The van der Waals surface area contributed by atoms with Crippen molar-refractivity contribution in [2.24, 2.45) is 0 Å². The minimum absolute atomic E-state index is 0.291. The van der Waals surface area contributed by atoms with E-state index in [0.29, 0.717) is 12.3 Å². The normalized spacial score (nSPS) is 15.0. The van der Waals surface area contributed by atoms with E-state index in [1.54, 1.807) is 0 Å². The van der Waals surface area contributed by atoms with Crippen LogP contribution in [-0.2, 0) is 0 Å². The summed E-state index contributed by atoms with van der Waals surface area (Å²) in [6.45, 7) is 4.28. The SMILES string of the molecule is CCC(NC(=S)NC(CC)N(C)C)N(C)C. The van der Waals surface area contributed by atoms with Crippen LogP contribution >= 0.6 is 12.2 Å². The zero-order valence-electron chi connectivity index (χ0n) is 11.4. The van der Waals surface area contributed by atoms with Crippen molar-refractivity contribution in [1.82, 2.24) is 20.4 Å². The maximum absolute atomic E-state index is 5.30. The maximum atomic E-state index is 5.30. The number of hydrogen-bond acceptors (Lipinski definition) is 3. The Morgan fingerprint density at radius 1 is 0.938 bits per heavy atom. The third kappa shape index (κ3) is 5.63. The van der Waals surface area contributed by atoms with E-state index in [2.05, 4.69) is 34.3 Å². The van der Waals surface area contributed by atoms with Gasteiger partial charge in [-0.2, -0.15) is 0 Å². The highest BCUT2D eigenvalue weighted by molar-refractivity contribution is 7.80. The van der Waals surface area contributed by atoms with Crippen molar-refractivity contribution in [1.29, 1.82) is 0 Å². The fourth-order valence-electron chi connectivity index (χ4n) is 1.54. The number of hydrogen-bond donors (Lipinski definition) is 2. The molecule has 5 heteroatoms. The fourth-order valence-corrected chi connectivity index (χ4v) is 1.81. The van der Waals surface area contributed by atoms with Crippen molar-refractivity contribution < 1.29 is 0 Å². The van der Waals surface area contributed by atoms with E-state index in [0.717, 1.165) is 18.0 Å². The lowest BCUT2D eigenvalue weighted by atomic mass is 10.3. The Bertz CT molecular complexity index is 186. The summed E-state index contributed by atoms with van der Waals surface area (Å²) in [5.74, 6) is 0. The highest BCUT2D eigenvalue weighted by Crippen LogP contribution is 1.97. The van der Waals surface area contributed by atoms with Crippen molar-refractivity contribution in [3.63, 3.8) is 0 Å². The van der Waals surface area contributed by atoms with Crippen LogP contribution in [0.15, 0.2) is 0 Å². The van der Waals surface area contributed by atoms with Gasteiger partial charge < -0.3 is 10.6 Å². The van der Waals surface area contributed by atoms with Gasteiger partial charge in [-0.25, -0.2) is 0 Å². The van der Waals surface area contributed by atoms with Gasteiger partial charge in [-0.05, 0) is 53.3 Å². The fraction of sp³-hybridized carbons (Fsp3) is 0.909. The average Bonchev–Trinajstić information content (AvgIpc) is 2.21. The van der Waals surface area contributed by atoms with Crippen molar-refractivity contribution in [3.8, 4) is 0 Å². The molecule has 0 bridgehead atoms. The summed E-state index contributed by atoms with van der Waals surface area (Å²) >= 11 is 5.30. The molecular formula is C11H26N4S. The van der Waals surface area contributed by atoms with Crippen LogP contribution in [0.4, 0.5) is 0 Å². The quantitative estimate of drug-likeness (QED) is 0.540. The molecule has 96 valence electrons. The van der Waals surface area contributed by atoms with E-state index in [9.17, 15) is 0 Å². The molecule has 0 heterocycles. The maximum Gasteiger partial charge on any atom is 0.168 e. The first kappa shape index (κ1) is 15.6. The summed E-state index contributed by atoms with van der Waals surface area (Å²) in [6.07, 6.45) is 2.63. The molecule has 0 aromatic heterocycles. The zero-order chi connectivity index (χ0) is 12.7. The van der Waals surface area contributed by atoms with Gasteiger partial charge in [0.05, 0.1) is 12.3 Å². The third-order valence-corrected chi connectivity index (χ3v) is 2.85. The first-order valence-corrected chi connectivity index (χ1v) is 6.23. The summed E-state index contributed by atoms with van der Waals surface area (Å²) in [7, 11) is 8.19. The summed E-state index contributed by atoms with van der Waals surface area (Å²) in [6, 6.07) is 0. The van der Waals surface area contributed by atoms with Crippen LogP contribution in [0.25, 0.3) is 0 Å². The monoisotopic (exact) mass is 246 g/mol. The number of thiocarbonyl (C=S) groups is 1. The molecule has 0 aliphatic carbocycles. The molecule has 16 heavy (non-hydrogen) atoms. The van der Waals surface area contributed by atoms with Gasteiger partial charge in [-0.15, -0.1) is 0 Å². The lowest BCUT2D eigenvalue weighted by Crippen LogP contribution is -2.53. The Morgan fingerprint density at radius 2 is 1.25 bits per heavy atom. The van der Waals surface area contributed by atoms with Crippen molar-refractivity contribution in [2.75, 3.05) is 28.2 Å². The van der Waals surface area contributed by atoms with Crippen LogP contribution in [0.5, 0.6) is 0 Å². The molecule has 2 unspecified atom stereocenters. The molecular weight excluding hydrogens is 220 g/mol. The lowest BCUT2D eigenvalue weighted by molar-refractivity contribution is 0.250. The van der Waals surface area contributed by atoms with Gasteiger partial charge in [-0.3, -0.25) is 9.80 Å². The molecule has 2 N–H and O–H groups in total. The van der Waals surface area contributed by atoms with Gasteiger partial charge in [0.2, 0.25) is 0 Å². The molecule has 0 aliphatic rings. The predicted molar refractivity (Wildman–Crippen MR) is 74.4 cm³/mol. The molecule has 4 nitrogen and oxygen atoms in total. The lowest BCUT2D eigenvalue weighted by Gasteiger charge is -2.30. The Hall–Kier alpha value is -0.390. The second-order valence-corrected chi connectivity index (χ2v) is 4.80. The largest absolute Gasteiger partial charge is 0.347 e. The summed E-state index contributed by atoms with van der Waals surface area (Å²) in [5, 5.41) is 7.33. The Kier molecular flexibility index (Phi) is 7.62. The van der Waals surface area contributed by atoms with Crippen LogP contribution in [-0.4, -0.2) is 55.4 Å². The van der Waals surface area contributed by atoms with Crippen LogP contribution in [0.1, 0.15) is 26.7 Å². The molecule has 0 saturated carbocycles. The van der Waals surface area contributed by atoms with Crippen LogP contribution < -0.4 is 10.6 Å². The number of rotatable bonds is 6. The first-order chi connectivity index (χ1) is 7.42. The van der Waals surface area contributed by atoms with Gasteiger partial charge in [0.25, 0.3) is 0 Å². The van der Waals surface area contributed by atoms with E-state index < -0.39 is 0 Å². The Morgan fingerprint density at radius 3 is 1.44 bits per heavy atom. The third-order valence-electron chi connectivity index (χ3n) is 2.62. The number of nitrogens with zero attached hydrogens (tertiary/aromatic N) is 2. The highest BCUT2D eigenvalue weighted by Gasteiger charge is 2.13. The molecule has 0 rings (SSSR count). The molecule has 0 amide bonds. The molecule has 0 radical (unpaired) electrons. The molecule has 0 spiro atoms. The van der Waals surface area contributed by atoms with E-state index in [1.807, 2.05) is 28.2 Å². The molecule has 0 aromatic rings. The average molecular weight is 246 g/mol. The first-order valence-electron chi connectivity index (χ1n) is 5.82. The number of nitrogens with one attached hydrogen (secondary N) is 2. The predicted octanol–water partition coefficient (Wildman–Crippen LogP) is 1.05. The van der Waals surface area contributed by atoms with E-state index in [1.165, 1.54) is 0 Å². The second kappa shape index (κ2) is 7.81. The van der Waals surface area contributed by atoms with Crippen molar-refractivity contribution >= 4 is 17.3 Å². The molecule has 0 aromatic carbocycles. The highest BCUT2D eigenvalue weighted by atomic mass is 32.1. The molecule has 0 aliphatic heterocycles. The minimum atomic E-state index is 0.291. The molecule has 2 atom stereocenters. The van der Waals surface area contributed by atoms with Crippen molar-refractivity contribution in [3.05, 3.63) is 0 Å². The van der Waals surface area contributed by atoms with Crippen molar-refractivity contribution in [2.45, 2.75) is 39.0 Å². The summed E-state index contributed by atoms with van der Waals surface area (Å²) < 4.78 is 0. The Labute approximate surface area is 105 Å². The topological polar surface area (TPSA) is 30.5 Å². The molecule has 0 fully saturated rings. The van der Waals surface area contributed by atoms with E-state index >= 15 is 0 Å². The van der Waals surface area contributed by atoms with Gasteiger partial charge in [0, 0.05) is 0 Å². The van der Waals surface area contributed by atoms with Gasteiger partial charge in [-0.1, -0.05) is 13.8 Å². The minimum Gasteiger partial charge on any atom is -0.347 e. The van der Waals surface area contributed by atoms with Gasteiger partial charge >= 0.3 is 0 Å². The second-order valence-electron chi connectivity index (χ2n) is 4.39.